The molecule has 0 unspecified atom stereocenters. The molecule has 0 saturated carbocycles. The van der Waals surface area contributed by atoms with E-state index in [1.807, 2.05) is 20.8 Å². The molecule has 0 amide bonds. The highest BCUT2D eigenvalue weighted by Gasteiger charge is 2.49. The Morgan fingerprint density at radius 1 is 0.833 bits per heavy atom. The van der Waals surface area contributed by atoms with Gasteiger partial charge in [-0.05, 0) is 53.7 Å². The van der Waals surface area contributed by atoms with E-state index in [4.69, 9.17) is 4.74 Å². The zero-order valence-electron chi connectivity index (χ0n) is 20.2. The molecule has 0 aliphatic rings. The highest BCUT2D eigenvalue weighted by molar-refractivity contribution is 6.93. The maximum absolute atomic E-state index is 12.8. The number of ether oxygens (including phenoxy) is 1. The Labute approximate surface area is 184 Å². The molecule has 2 aromatic rings. The first-order chi connectivity index (χ1) is 14.1. The van der Waals surface area contributed by atoms with Crippen LogP contribution in [0.2, 0.25) is 16.6 Å². The van der Waals surface area contributed by atoms with Gasteiger partial charge in [-0.25, -0.2) is 4.79 Å². The van der Waals surface area contributed by atoms with Crippen molar-refractivity contribution in [3.05, 3.63) is 59.0 Å². The lowest BCUT2D eigenvalue weighted by molar-refractivity contribution is 0.151. The Balaban J connectivity index is 2.98. The van der Waals surface area contributed by atoms with Crippen LogP contribution in [-0.4, -0.2) is 20.1 Å². The Kier molecular flexibility index (Phi) is 7.91. The van der Waals surface area contributed by atoms with Crippen LogP contribution in [0.5, 0.6) is 0 Å². The maximum atomic E-state index is 12.8. The molecule has 0 fully saturated rings. The number of hydrogen-bond acceptors (Lipinski definition) is 2. The molecule has 0 bridgehead atoms. The molecule has 0 radical (unpaired) electrons. The van der Waals surface area contributed by atoms with Crippen molar-refractivity contribution in [1.29, 1.82) is 0 Å². The normalized spacial score (nSPS) is 13.2. The Bertz CT molecular complexity index is 933. The second-order valence-electron chi connectivity index (χ2n) is 9.50. The minimum atomic E-state index is -2.25. The molecule has 162 valence electrons. The second kappa shape index (κ2) is 9.81. The van der Waals surface area contributed by atoms with Crippen molar-refractivity contribution >= 4 is 30.4 Å². The molecule has 0 spiro atoms. The molecule has 0 aromatic heterocycles. The lowest BCUT2D eigenvalue weighted by atomic mass is 9.97. The van der Waals surface area contributed by atoms with Crippen LogP contribution < -0.4 is 0 Å². The first kappa shape index (κ1) is 24.2. The third-order valence-corrected chi connectivity index (χ3v) is 13.4. The lowest BCUT2D eigenvalue weighted by Crippen LogP contribution is -2.47. The molecule has 0 N–H and O–H groups in total. The van der Waals surface area contributed by atoms with Crippen LogP contribution >= 0.6 is 0 Å². The highest BCUT2D eigenvalue weighted by atomic mass is 28.3. The molecule has 3 heteroatoms. The molecule has 0 atom stereocenters. The molecule has 2 aromatic carbocycles. The zero-order valence-corrected chi connectivity index (χ0v) is 21.2. The predicted molar refractivity (Wildman–Crippen MR) is 133 cm³/mol. The van der Waals surface area contributed by atoms with E-state index >= 15 is 0 Å². The molecular formula is C27H38O2Si. The summed E-state index contributed by atoms with van der Waals surface area (Å²) in [6, 6.07) is 14.7. The van der Waals surface area contributed by atoms with Gasteiger partial charge in [0.15, 0.2) is 0 Å². The second-order valence-corrected chi connectivity index (χ2v) is 15.3. The molecule has 30 heavy (non-hydrogen) atoms. The van der Waals surface area contributed by atoms with Gasteiger partial charge in [-0.15, -0.1) is 0 Å². The Morgan fingerprint density at radius 3 is 1.87 bits per heavy atom. The molecular weight excluding hydrogens is 384 g/mol. The average molecular weight is 423 g/mol. The number of fused-ring (bicyclic) bond motifs is 1. The maximum Gasteiger partial charge on any atom is 0.124 e. The molecule has 0 saturated heterocycles. The molecule has 2 nitrogen and oxygen atoms in total. The minimum Gasteiger partial charge on any atom is -0.495 e. The summed E-state index contributed by atoms with van der Waals surface area (Å²) >= 11 is 0. The van der Waals surface area contributed by atoms with Crippen molar-refractivity contribution in [3.63, 3.8) is 0 Å². The van der Waals surface area contributed by atoms with Crippen molar-refractivity contribution in [1.82, 2.24) is 0 Å². The third kappa shape index (κ3) is 4.33. The van der Waals surface area contributed by atoms with Gasteiger partial charge in [0.25, 0.3) is 0 Å². The Morgan fingerprint density at radius 2 is 1.37 bits per heavy atom. The van der Waals surface area contributed by atoms with Gasteiger partial charge < -0.3 is 4.74 Å². The number of hydrogen-bond donors (Lipinski definition) is 0. The van der Waals surface area contributed by atoms with Gasteiger partial charge in [0.2, 0.25) is 0 Å². The summed E-state index contributed by atoms with van der Waals surface area (Å²) in [5, 5.41) is 3.19. The van der Waals surface area contributed by atoms with E-state index < -0.39 is 8.07 Å². The first-order valence-corrected chi connectivity index (χ1v) is 13.4. The van der Waals surface area contributed by atoms with Crippen molar-refractivity contribution in [2.75, 3.05) is 0 Å². The topological polar surface area (TPSA) is 26.3 Å². The van der Waals surface area contributed by atoms with E-state index in [0.29, 0.717) is 16.6 Å². The largest absolute Gasteiger partial charge is 0.495 e. The molecule has 0 heterocycles. The van der Waals surface area contributed by atoms with Crippen LogP contribution in [0.4, 0.5) is 0 Å². The molecule has 2 rings (SSSR count). The summed E-state index contributed by atoms with van der Waals surface area (Å²) in [4.78, 5) is 12.8. The lowest BCUT2D eigenvalue weighted by Gasteiger charge is -2.44. The highest BCUT2D eigenvalue weighted by Crippen LogP contribution is 2.50. The van der Waals surface area contributed by atoms with Crippen LogP contribution in [0.25, 0.3) is 16.3 Å². The van der Waals surface area contributed by atoms with E-state index in [1.54, 1.807) is 0 Å². The monoisotopic (exact) mass is 422 g/mol. The fourth-order valence-corrected chi connectivity index (χ4v) is 12.2. The van der Waals surface area contributed by atoms with Crippen LogP contribution in [0.1, 0.15) is 67.9 Å². The van der Waals surface area contributed by atoms with Crippen molar-refractivity contribution in [2.24, 2.45) is 0 Å². The summed E-state index contributed by atoms with van der Waals surface area (Å²) < 4.78 is 6.23. The summed E-state index contributed by atoms with van der Waals surface area (Å²) in [5.74, 6) is 3.31. The minimum absolute atomic E-state index is 0.0381. The average Bonchev–Trinajstić information content (AvgIpc) is 2.66. The fraction of sp³-hybridized carbons (Fsp3) is 0.481. The van der Waals surface area contributed by atoms with Crippen LogP contribution in [-0.2, 0) is 9.53 Å². The summed E-state index contributed by atoms with van der Waals surface area (Å²) in [7, 11) is -2.25. The van der Waals surface area contributed by atoms with Crippen LogP contribution in [0.15, 0.2) is 53.4 Å². The van der Waals surface area contributed by atoms with E-state index in [0.717, 1.165) is 27.5 Å². The van der Waals surface area contributed by atoms with Gasteiger partial charge in [-0.3, -0.25) is 0 Å². The van der Waals surface area contributed by atoms with Crippen LogP contribution in [0.3, 0.4) is 0 Å². The van der Waals surface area contributed by atoms with E-state index in [-0.39, 0.29) is 6.10 Å². The van der Waals surface area contributed by atoms with Gasteiger partial charge in [-0.1, -0.05) is 84.0 Å². The predicted octanol–water partition coefficient (Wildman–Crippen LogP) is 7.97. The summed E-state index contributed by atoms with van der Waals surface area (Å²) in [5.41, 5.74) is 3.25. The summed E-state index contributed by atoms with van der Waals surface area (Å²) in [6.07, 6.45) is 0.0381. The smallest absolute Gasteiger partial charge is 0.124 e. The molecule has 0 aliphatic carbocycles. The van der Waals surface area contributed by atoms with Crippen molar-refractivity contribution in [3.8, 4) is 0 Å². The molecule has 0 aliphatic heterocycles. The fourth-order valence-electron chi connectivity index (χ4n) is 5.58. The van der Waals surface area contributed by atoms with Crippen LogP contribution in [0, 0.1) is 0 Å². The standard InChI is InChI=1S/C27H38O2Si/c1-18(2)29-22(9)27(25-16-12-14-23-13-10-11-15-24(23)25)26(17-28)30(19(3)4,20(5)6)21(7)8/h10-16,18-21H,1-9H3/b27-22+. The SMILES string of the molecule is C/C(OC(C)C)=C(\C(=C=O)[Si](C(C)C)(C(C)C)C(C)C)c1cccc2ccccc12. The Hall–Kier alpha value is -2.09. The number of carbonyl (C=O) groups excluding carboxylic acids is 1. The van der Waals surface area contributed by atoms with Gasteiger partial charge in [0, 0.05) is 10.8 Å². The van der Waals surface area contributed by atoms with E-state index in [2.05, 4.69) is 89.9 Å². The van der Waals surface area contributed by atoms with Gasteiger partial charge in [0.1, 0.15) is 19.8 Å². The number of rotatable bonds is 8. The quantitative estimate of drug-likeness (QED) is 0.186. The van der Waals surface area contributed by atoms with E-state index in [1.165, 1.54) is 5.39 Å². The number of allylic oxidation sites excluding steroid dienone is 3. The number of benzene rings is 2. The van der Waals surface area contributed by atoms with Gasteiger partial charge >= 0.3 is 0 Å². The van der Waals surface area contributed by atoms with Gasteiger partial charge in [-0.2, -0.15) is 0 Å². The third-order valence-electron chi connectivity index (χ3n) is 6.47. The zero-order chi connectivity index (χ0) is 22.6. The van der Waals surface area contributed by atoms with E-state index in [9.17, 15) is 4.79 Å². The summed E-state index contributed by atoms with van der Waals surface area (Å²) in [6.45, 7) is 19.8. The van der Waals surface area contributed by atoms with Crippen molar-refractivity contribution in [2.45, 2.75) is 85.0 Å². The first-order valence-electron chi connectivity index (χ1n) is 11.2. The van der Waals surface area contributed by atoms with Gasteiger partial charge in [0.05, 0.1) is 6.10 Å². The van der Waals surface area contributed by atoms with Crippen molar-refractivity contribution < 1.29 is 9.53 Å².